The van der Waals surface area contributed by atoms with Gasteiger partial charge in [-0.1, -0.05) is 43.0 Å². The normalized spacial score (nSPS) is 17.9. The van der Waals surface area contributed by atoms with Crippen molar-refractivity contribution in [3.05, 3.63) is 52.7 Å². The van der Waals surface area contributed by atoms with Crippen LogP contribution in [-0.2, 0) is 17.9 Å². The Bertz CT molecular complexity index is 1050. The smallest absolute Gasteiger partial charge is 0.160 e. The van der Waals surface area contributed by atoms with Crippen molar-refractivity contribution in [1.82, 2.24) is 19.7 Å². The van der Waals surface area contributed by atoms with E-state index in [0.717, 1.165) is 59.4 Å². The number of anilines is 1. The Morgan fingerprint density at radius 2 is 1.53 bits per heavy atom. The van der Waals surface area contributed by atoms with E-state index in [1.807, 2.05) is 16.8 Å². The van der Waals surface area contributed by atoms with Gasteiger partial charge >= 0.3 is 0 Å². The maximum atomic E-state index is 6.10. The van der Waals surface area contributed by atoms with E-state index in [1.54, 1.807) is 0 Å². The summed E-state index contributed by atoms with van der Waals surface area (Å²) in [6, 6.07) is 12.4. The summed E-state index contributed by atoms with van der Waals surface area (Å²) in [5.41, 5.74) is 3.07. The largest absolute Gasteiger partial charge is 0.374 e. The van der Waals surface area contributed by atoms with E-state index in [-0.39, 0.29) is 0 Å². The second kappa shape index (κ2) is 11.5. The van der Waals surface area contributed by atoms with E-state index >= 15 is 0 Å². The SMILES string of the molecule is Clc1ccc(Cn2nc(COCCN3CCCC3)c3ccc(N4CCCCCCC4)nc32)cc1. The highest BCUT2D eigenvalue weighted by molar-refractivity contribution is 6.30. The highest BCUT2D eigenvalue weighted by atomic mass is 35.5. The molecular formula is C27H36ClN5O. The zero-order valence-corrected chi connectivity index (χ0v) is 20.8. The van der Waals surface area contributed by atoms with Crippen molar-refractivity contribution in [2.75, 3.05) is 44.2 Å². The Labute approximate surface area is 207 Å². The van der Waals surface area contributed by atoms with Crippen molar-refractivity contribution in [1.29, 1.82) is 0 Å². The predicted octanol–water partition coefficient (Wildman–Crippen LogP) is 5.52. The Morgan fingerprint density at radius 3 is 2.29 bits per heavy atom. The molecule has 5 rings (SSSR count). The summed E-state index contributed by atoms with van der Waals surface area (Å²) < 4.78 is 8.11. The quantitative estimate of drug-likeness (QED) is 0.396. The fraction of sp³-hybridized carbons (Fsp3) is 0.556. The van der Waals surface area contributed by atoms with E-state index in [1.165, 1.54) is 58.0 Å². The van der Waals surface area contributed by atoms with Crippen LogP contribution in [-0.4, -0.2) is 59.0 Å². The van der Waals surface area contributed by atoms with Gasteiger partial charge in [-0.05, 0) is 68.6 Å². The first-order valence-corrected chi connectivity index (χ1v) is 13.3. The third-order valence-electron chi connectivity index (χ3n) is 7.07. The van der Waals surface area contributed by atoms with Gasteiger partial charge in [-0.3, -0.25) is 0 Å². The lowest BCUT2D eigenvalue weighted by atomic mass is 10.1. The number of ether oxygens (including phenoxy) is 1. The Kier molecular flexibility index (Phi) is 7.99. The van der Waals surface area contributed by atoms with Gasteiger partial charge in [0.15, 0.2) is 5.65 Å². The van der Waals surface area contributed by atoms with Gasteiger partial charge in [-0.2, -0.15) is 5.10 Å². The second-order valence-corrected chi connectivity index (χ2v) is 10.1. The first-order valence-electron chi connectivity index (χ1n) is 12.9. The molecular weight excluding hydrogens is 446 g/mol. The molecule has 0 saturated carbocycles. The average molecular weight is 482 g/mol. The summed E-state index contributed by atoms with van der Waals surface area (Å²) in [5.74, 6) is 1.06. The topological polar surface area (TPSA) is 46.4 Å². The standard InChI is InChI=1S/C27H36ClN5O/c28-23-10-8-22(9-11-23)20-33-27-24(25(30-33)21-34-19-18-31-14-6-7-15-31)12-13-26(29-27)32-16-4-2-1-3-5-17-32/h8-13H,1-7,14-21H2. The molecule has 0 N–H and O–H groups in total. The van der Waals surface area contributed by atoms with Crippen molar-refractivity contribution in [2.45, 2.75) is 58.1 Å². The summed E-state index contributed by atoms with van der Waals surface area (Å²) in [6.07, 6.45) is 9.07. The van der Waals surface area contributed by atoms with Crippen LogP contribution >= 0.6 is 11.6 Å². The van der Waals surface area contributed by atoms with Crippen molar-refractivity contribution >= 4 is 28.5 Å². The summed E-state index contributed by atoms with van der Waals surface area (Å²) in [5, 5.41) is 6.80. The Balaban J connectivity index is 1.37. The minimum Gasteiger partial charge on any atom is -0.374 e. The van der Waals surface area contributed by atoms with Crippen LogP contribution in [0.2, 0.25) is 5.02 Å². The van der Waals surface area contributed by atoms with Crippen molar-refractivity contribution in [3.8, 4) is 0 Å². The molecule has 2 aliphatic rings. The minimum absolute atomic E-state index is 0.517. The van der Waals surface area contributed by atoms with Crippen molar-refractivity contribution in [3.63, 3.8) is 0 Å². The van der Waals surface area contributed by atoms with Crippen LogP contribution in [0.15, 0.2) is 36.4 Å². The molecule has 2 aromatic heterocycles. The molecule has 34 heavy (non-hydrogen) atoms. The van der Waals surface area contributed by atoms with Crippen LogP contribution in [0, 0.1) is 0 Å². The molecule has 2 saturated heterocycles. The predicted molar refractivity (Wildman–Crippen MR) is 139 cm³/mol. The second-order valence-electron chi connectivity index (χ2n) is 9.63. The van der Waals surface area contributed by atoms with Gasteiger partial charge in [-0.25, -0.2) is 9.67 Å². The van der Waals surface area contributed by atoms with Gasteiger partial charge in [0.05, 0.1) is 25.5 Å². The van der Waals surface area contributed by atoms with Crippen molar-refractivity contribution in [2.24, 2.45) is 0 Å². The molecule has 0 atom stereocenters. The number of benzene rings is 1. The van der Waals surface area contributed by atoms with Gasteiger partial charge in [-0.15, -0.1) is 0 Å². The van der Waals surface area contributed by atoms with Gasteiger partial charge in [0.1, 0.15) is 5.82 Å². The lowest BCUT2D eigenvalue weighted by Gasteiger charge is -2.25. The van der Waals surface area contributed by atoms with Crippen LogP contribution in [0.5, 0.6) is 0 Å². The van der Waals surface area contributed by atoms with Crippen LogP contribution in [0.3, 0.4) is 0 Å². The van der Waals surface area contributed by atoms with E-state index < -0.39 is 0 Å². The molecule has 182 valence electrons. The van der Waals surface area contributed by atoms with E-state index in [9.17, 15) is 0 Å². The van der Waals surface area contributed by atoms with Gasteiger partial charge in [0, 0.05) is 30.0 Å². The molecule has 0 amide bonds. The monoisotopic (exact) mass is 481 g/mol. The molecule has 0 radical (unpaired) electrons. The van der Waals surface area contributed by atoms with Crippen LogP contribution in [0.25, 0.3) is 11.0 Å². The fourth-order valence-corrected chi connectivity index (χ4v) is 5.23. The number of hydrogen-bond acceptors (Lipinski definition) is 5. The average Bonchev–Trinajstić information content (AvgIpc) is 3.46. The number of pyridine rings is 1. The number of halogens is 1. The molecule has 4 heterocycles. The lowest BCUT2D eigenvalue weighted by molar-refractivity contribution is 0.0974. The molecule has 1 aromatic carbocycles. The van der Waals surface area contributed by atoms with Crippen LogP contribution in [0.4, 0.5) is 5.82 Å². The molecule has 0 bridgehead atoms. The zero-order chi connectivity index (χ0) is 23.2. The summed E-state index contributed by atoms with van der Waals surface area (Å²) in [6.45, 7) is 7.48. The van der Waals surface area contributed by atoms with Gasteiger partial charge < -0.3 is 14.5 Å². The highest BCUT2D eigenvalue weighted by Crippen LogP contribution is 2.25. The van der Waals surface area contributed by atoms with E-state index in [2.05, 4.69) is 34.1 Å². The van der Waals surface area contributed by atoms with Crippen molar-refractivity contribution < 1.29 is 4.74 Å². The van der Waals surface area contributed by atoms with Gasteiger partial charge in [0.2, 0.25) is 0 Å². The number of rotatable bonds is 8. The maximum Gasteiger partial charge on any atom is 0.160 e. The maximum absolute atomic E-state index is 6.10. The van der Waals surface area contributed by atoms with Crippen LogP contribution < -0.4 is 4.90 Å². The zero-order valence-electron chi connectivity index (χ0n) is 20.1. The molecule has 0 spiro atoms. The third-order valence-corrected chi connectivity index (χ3v) is 7.32. The molecule has 2 fully saturated rings. The van der Waals surface area contributed by atoms with Gasteiger partial charge in [0.25, 0.3) is 0 Å². The first-order chi connectivity index (χ1) is 16.8. The third kappa shape index (κ3) is 5.91. The number of fused-ring (bicyclic) bond motifs is 1. The molecule has 6 nitrogen and oxygen atoms in total. The molecule has 3 aromatic rings. The number of aromatic nitrogens is 3. The van der Waals surface area contributed by atoms with E-state index in [4.69, 9.17) is 26.4 Å². The highest BCUT2D eigenvalue weighted by Gasteiger charge is 2.17. The first kappa shape index (κ1) is 23.6. The number of likely N-dealkylation sites (tertiary alicyclic amines) is 1. The molecule has 2 aliphatic heterocycles. The lowest BCUT2D eigenvalue weighted by Crippen LogP contribution is -2.27. The summed E-state index contributed by atoms with van der Waals surface area (Å²) >= 11 is 6.10. The Hall–Kier alpha value is -2.15. The van der Waals surface area contributed by atoms with Crippen LogP contribution in [0.1, 0.15) is 56.2 Å². The molecule has 0 aliphatic carbocycles. The van der Waals surface area contributed by atoms with E-state index in [0.29, 0.717) is 13.2 Å². The fourth-order valence-electron chi connectivity index (χ4n) is 5.11. The summed E-state index contributed by atoms with van der Waals surface area (Å²) in [7, 11) is 0. The minimum atomic E-state index is 0.517. The number of nitrogens with zero attached hydrogens (tertiary/aromatic N) is 5. The summed E-state index contributed by atoms with van der Waals surface area (Å²) in [4.78, 5) is 10.1. The molecule has 7 heteroatoms. The molecule has 0 unspecified atom stereocenters. The number of hydrogen-bond donors (Lipinski definition) is 0. The Morgan fingerprint density at radius 1 is 0.824 bits per heavy atom.